The monoisotopic (exact) mass is 354 g/mol. The summed E-state index contributed by atoms with van der Waals surface area (Å²) in [6.07, 6.45) is 4.98. The third kappa shape index (κ3) is 3.09. The highest BCUT2D eigenvalue weighted by Crippen LogP contribution is 2.53. The van der Waals surface area contributed by atoms with Gasteiger partial charge in [-0.1, -0.05) is 48.1 Å². The van der Waals surface area contributed by atoms with Gasteiger partial charge < -0.3 is 9.47 Å². The Morgan fingerprint density at radius 3 is 2.27 bits per heavy atom. The molecule has 2 atom stereocenters. The average Bonchev–Trinajstić information content (AvgIpc) is 2.72. The summed E-state index contributed by atoms with van der Waals surface area (Å²) in [6, 6.07) is 10.2. The van der Waals surface area contributed by atoms with E-state index in [-0.39, 0.29) is 25.0 Å². The molecule has 2 aliphatic rings. The second-order valence-corrected chi connectivity index (χ2v) is 6.98. The Labute approximate surface area is 154 Å². The molecule has 138 valence electrons. The molecule has 4 heteroatoms. The third-order valence-corrected chi connectivity index (χ3v) is 5.49. The van der Waals surface area contributed by atoms with E-state index in [1.54, 1.807) is 13.8 Å². The van der Waals surface area contributed by atoms with Crippen LogP contribution in [0.3, 0.4) is 0 Å². The van der Waals surface area contributed by atoms with Crippen molar-refractivity contribution >= 4 is 11.9 Å². The molecule has 3 rings (SSSR count). The molecule has 0 amide bonds. The van der Waals surface area contributed by atoms with Crippen molar-refractivity contribution in [3.05, 3.63) is 59.2 Å². The van der Waals surface area contributed by atoms with Gasteiger partial charge in [0.25, 0.3) is 0 Å². The van der Waals surface area contributed by atoms with Crippen molar-refractivity contribution in [1.82, 2.24) is 0 Å². The summed E-state index contributed by atoms with van der Waals surface area (Å²) in [5.74, 6) is -0.620. The van der Waals surface area contributed by atoms with E-state index in [0.717, 1.165) is 5.57 Å². The van der Waals surface area contributed by atoms with Crippen LogP contribution in [0.15, 0.2) is 53.6 Å². The fourth-order valence-corrected chi connectivity index (χ4v) is 4.03. The zero-order chi connectivity index (χ0) is 18.7. The van der Waals surface area contributed by atoms with Crippen molar-refractivity contribution in [2.24, 2.45) is 11.3 Å². The maximum absolute atomic E-state index is 12.8. The average molecular weight is 354 g/mol. The van der Waals surface area contributed by atoms with Gasteiger partial charge in [-0.05, 0) is 50.7 Å². The van der Waals surface area contributed by atoms with E-state index >= 15 is 0 Å². The number of allylic oxidation sites excluding steroid dienone is 4. The van der Waals surface area contributed by atoms with E-state index in [1.807, 2.05) is 31.2 Å². The van der Waals surface area contributed by atoms with Gasteiger partial charge in [0.1, 0.15) is 0 Å². The number of carbonyl (C=O) groups excluding carboxylic acids is 2. The molecule has 0 fully saturated rings. The summed E-state index contributed by atoms with van der Waals surface area (Å²) in [5.41, 5.74) is 2.31. The Balaban J connectivity index is 1.99. The smallest absolute Gasteiger partial charge is 0.323 e. The Morgan fingerprint density at radius 2 is 1.69 bits per heavy atom. The molecule has 4 nitrogen and oxygen atoms in total. The lowest BCUT2D eigenvalue weighted by molar-refractivity contribution is -0.173. The van der Waals surface area contributed by atoms with Crippen LogP contribution in [0.4, 0.5) is 0 Å². The first kappa shape index (κ1) is 18.4. The van der Waals surface area contributed by atoms with Crippen molar-refractivity contribution < 1.29 is 19.1 Å². The van der Waals surface area contributed by atoms with Crippen LogP contribution in [0.1, 0.15) is 45.1 Å². The minimum absolute atomic E-state index is 0.116. The van der Waals surface area contributed by atoms with Crippen LogP contribution in [0.5, 0.6) is 0 Å². The normalized spacial score (nSPS) is 23.5. The summed E-state index contributed by atoms with van der Waals surface area (Å²) in [7, 11) is 0. The lowest BCUT2D eigenvalue weighted by atomic mass is 9.64. The van der Waals surface area contributed by atoms with E-state index in [9.17, 15) is 9.59 Å². The van der Waals surface area contributed by atoms with Crippen molar-refractivity contribution in [2.75, 3.05) is 13.2 Å². The van der Waals surface area contributed by atoms with Crippen LogP contribution < -0.4 is 0 Å². The summed E-state index contributed by atoms with van der Waals surface area (Å²) >= 11 is 0. The van der Waals surface area contributed by atoms with Crippen molar-refractivity contribution in [3.63, 3.8) is 0 Å². The lowest BCUT2D eigenvalue weighted by Crippen LogP contribution is -2.44. The minimum atomic E-state index is -1.26. The number of fused-ring (bicyclic) bond motifs is 1. The predicted molar refractivity (Wildman–Crippen MR) is 99.4 cm³/mol. The number of benzene rings is 1. The number of carbonyl (C=O) groups is 2. The molecule has 26 heavy (non-hydrogen) atoms. The van der Waals surface area contributed by atoms with Crippen LogP contribution in [0, 0.1) is 11.3 Å². The molecule has 0 unspecified atom stereocenters. The largest absolute Gasteiger partial charge is 0.465 e. The van der Waals surface area contributed by atoms with Gasteiger partial charge in [-0.3, -0.25) is 9.59 Å². The van der Waals surface area contributed by atoms with Crippen molar-refractivity contribution in [3.8, 4) is 0 Å². The van der Waals surface area contributed by atoms with Crippen molar-refractivity contribution in [1.29, 1.82) is 0 Å². The first-order valence-corrected chi connectivity index (χ1v) is 9.31. The van der Waals surface area contributed by atoms with Crippen LogP contribution >= 0.6 is 0 Å². The fourth-order valence-electron chi connectivity index (χ4n) is 4.03. The van der Waals surface area contributed by atoms with Gasteiger partial charge in [-0.25, -0.2) is 0 Å². The highest BCUT2D eigenvalue weighted by atomic mass is 16.6. The molecule has 0 aliphatic heterocycles. The Bertz CT molecular complexity index is 727. The third-order valence-electron chi connectivity index (χ3n) is 5.49. The van der Waals surface area contributed by atoms with Gasteiger partial charge in [-0.15, -0.1) is 0 Å². The van der Waals surface area contributed by atoms with E-state index in [1.165, 1.54) is 11.1 Å². The molecule has 0 N–H and O–H groups in total. The molecular weight excluding hydrogens is 328 g/mol. The van der Waals surface area contributed by atoms with Crippen LogP contribution in [0.25, 0.3) is 0 Å². The number of ether oxygens (including phenoxy) is 2. The highest BCUT2D eigenvalue weighted by molar-refractivity contribution is 6.00. The molecule has 1 aromatic rings. The van der Waals surface area contributed by atoms with Gasteiger partial charge >= 0.3 is 11.9 Å². The number of rotatable bonds is 5. The van der Waals surface area contributed by atoms with Crippen LogP contribution in [-0.4, -0.2) is 25.2 Å². The topological polar surface area (TPSA) is 52.6 Å². The Kier molecular flexibility index (Phi) is 5.30. The van der Waals surface area contributed by atoms with E-state index < -0.39 is 17.4 Å². The second kappa shape index (κ2) is 7.48. The standard InChI is InChI=1S/C22H26O4/c1-4-25-20(23)22(21(24)26-5-2)12-11-15(3)17-13-18(19(17)14-22)16-9-7-6-8-10-16/h6-11,13,18-19H,4-5,12,14H2,1-3H3/t18-,19-/m1/s1. The number of hydrogen-bond donors (Lipinski definition) is 0. The van der Waals surface area contributed by atoms with E-state index in [0.29, 0.717) is 12.8 Å². The van der Waals surface area contributed by atoms with Gasteiger partial charge in [0, 0.05) is 5.92 Å². The van der Waals surface area contributed by atoms with E-state index in [2.05, 4.69) is 18.2 Å². The van der Waals surface area contributed by atoms with Gasteiger partial charge in [0.05, 0.1) is 13.2 Å². The van der Waals surface area contributed by atoms with Crippen LogP contribution in [-0.2, 0) is 19.1 Å². The molecule has 0 radical (unpaired) electrons. The molecular formula is C22H26O4. The first-order chi connectivity index (χ1) is 12.5. The summed E-state index contributed by atoms with van der Waals surface area (Å²) in [5, 5.41) is 0. The molecule has 0 saturated heterocycles. The van der Waals surface area contributed by atoms with E-state index in [4.69, 9.17) is 9.47 Å². The SMILES string of the molecule is CCOC(=O)C1(C(=O)OCC)CC=C(C)C2=C[C@H](c3ccccc3)[C@@H]2C1. The lowest BCUT2D eigenvalue weighted by Gasteiger charge is -2.40. The summed E-state index contributed by atoms with van der Waals surface area (Å²) < 4.78 is 10.6. The maximum atomic E-state index is 12.8. The van der Waals surface area contributed by atoms with Gasteiger partial charge in [0.15, 0.2) is 5.41 Å². The molecule has 0 spiro atoms. The summed E-state index contributed by atoms with van der Waals surface area (Å²) in [6.45, 7) is 6.06. The molecule has 0 bridgehead atoms. The zero-order valence-corrected chi connectivity index (χ0v) is 15.7. The van der Waals surface area contributed by atoms with Crippen molar-refractivity contribution in [2.45, 2.75) is 39.5 Å². The number of esters is 2. The second-order valence-electron chi connectivity index (χ2n) is 6.98. The summed E-state index contributed by atoms with van der Waals surface area (Å²) in [4.78, 5) is 25.7. The zero-order valence-electron chi connectivity index (χ0n) is 15.7. The molecule has 2 aliphatic carbocycles. The fraction of sp³-hybridized carbons (Fsp3) is 0.455. The van der Waals surface area contributed by atoms with Gasteiger partial charge in [-0.2, -0.15) is 0 Å². The number of hydrogen-bond acceptors (Lipinski definition) is 4. The Hall–Kier alpha value is -2.36. The maximum Gasteiger partial charge on any atom is 0.323 e. The molecule has 0 heterocycles. The first-order valence-electron chi connectivity index (χ1n) is 9.31. The Morgan fingerprint density at radius 1 is 1.08 bits per heavy atom. The molecule has 1 aromatic carbocycles. The van der Waals surface area contributed by atoms with Gasteiger partial charge in [0.2, 0.25) is 0 Å². The highest BCUT2D eigenvalue weighted by Gasteiger charge is 2.53. The van der Waals surface area contributed by atoms with Crippen LogP contribution in [0.2, 0.25) is 0 Å². The minimum Gasteiger partial charge on any atom is -0.465 e. The quantitative estimate of drug-likeness (QED) is 0.588. The molecule has 0 aromatic heterocycles. The predicted octanol–water partition coefficient (Wildman–Crippen LogP) is 4.18. The molecule has 0 saturated carbocycles.